The maximum Gasteiger partial charge on any atom is 0.281 e. The lowest BCUT2D eigenvalue weighted by molar-refractivity contribution is 0.0959. The van der Waals surface area contributed by atoms with Crippen LogP contribution in [0.25, 0.3) is 16.9 Å². The van der Waals surface area contributed by atoms with Crippen molar-refractivity contribution in [3.8, 4) is 22.7 Å². The monoisotopic (exact) mass is 450 g/mol. The molecule has 0 aliphatic rings. The number of ether oxygens (including phenoxy) is 1. The molecule has 9 heteroatoms. The summed E-state index contributed by atoms with van der Waals surface area (Å²) in [5.74, 6) is -0.0954. The number of hydrogen-bond acceptors (Lipinski definition) is 5. The maximum absolute atomic E-state index is 13.4. The Kier molecular flexibility index (Phi) is 6.00. The number of thiophene rings is 1. The third kappa shape index (κ3) is 4.23. The van der Waals surface area contributed by atoms with Crippen LogP contribution in [0.3, 0.4) is 0 Å². The van der Waals surface area contributed by atoms with Crippen LogP contribution in [-0.4, -0.2) is 28.5 Å². The fraction of sp³-hybridized carbons (Fsp3) is 0.0870. The van der Waals surface area contributed by atoms with Crippen molar-refractivity contribution >= 4 is 23.0 Å². The van der Waals surface area contributed by atoms with Crippen LogP contribution in [0.4, 0.5) is 4.39 Å². The highest BCUT2D eigenvalue weighted by Crippen LogP contribution is 2.24. The number of hydrogen-bond donors (Lipinski definition) is 2. The molecule has 2 N–H and O–H groups in total. The van der Waals surface area contributed by atoms with Crippen molar-refractivity contribution in [3.63, 3.8) is 0 Å². The van der Waals surface area contributed by atoms with Gasteiger partial charge >= 0.3 is 0 Å². The lowest BCUT2D eigenvalue weighted by atomic mass is 10.1. The fourth-order valence-electron chi connectivity index (χ4n) is 3.16. The van der Waals surface area contributed by atoms with Crippen molar-refractivity contribution < 1.29 is 13.9 Å². The number of benzene rings is 2. The van der Waals surface area contributed by atoms with E-state index in [0.717, 1.165) is 5.56 Å². The highest BCUT2D eigenvalue weighted by molar-refractivity contribution is 7.12. The molecule has 2 aromatic carbocycles. The number of H-pyrrole nitrogens is 1. The molecule has 0 aliphatic carbocycles. The Morgan fingerprint density at radius 2 is 1.84 bits per heavy atom. The van der Waals surface area contributed by atoms with Gasteiger partial charge in [0.25, 0.3) is 11.5 Å². The second-order valence-electron chi connectivity index (χ2n) is 6.82. The zero-order valence-corrected chi connectivity index (χ0v) is 18.1. The number of hydrazone groups is 1. The van der Waals surface area contributed by atoms with E-state index in [0.29, 0.717) is 27.7 Å². The van der Waals surface area contributed by atoms with Crippen molar-refractivity contribution in [2.45, 2.75) is 6.92 Å². The molecule has 0 bridgehead atoms. The molecule has 0 spiro atoms. The largest absolute Gasteiger partial charge is 0.497 e. The molecule has 0 radical (unpaired) electrons. The molecule has 4 aromatic rings. The minimum Gasteiger partial charge on any atom is -0.497 e. The molecular weight excluding hydrogens is 431 g/mol. The Morgan fingerprint density at radius 3 is 2.47 bits per heavy atom. The van der Waals surface area contributed by atoms with Crippen LogP contribution in [0.1, 0.15) is 22.2 Å². The first-order chi connectivity index (χ1) is 15.5. The number of rotatable bonds is 6. The number of aromatic nitrogens is 2. The Hall–Kier alpha value is -3.98. The van der Waals surface area contributed by atoms with E-state index in [4.69, 9.17) is 4.74 Å². The number of halogens is 1. The maximum atomic E-state index is 13.4. The summed E-state index contributed by atoms with van der Waals surface area (Å²) >= 11 is 1.29. The van der Waals surface area contributed by atoms with Gasteiger partial charge in [-0.05, 0) is 66.9 Å². The van der Waals surface area contributed by atoms with Crippen LogP contribution >= 0.6 is 11.3 Å². The highest BCUT2D eigenvalue weighted by Gasteiger charge is 2.20. The van der Waals surface area contributed by atoms with E-state index in [1.54, 1.807) is 55.8 Å². The number of aromatic amines is 1. The van der Waals surface area contributed by atoms with E-state index in [1.165, 1.54) is 40.3 Å². The van der Waals surface area contributed by atoms with Crippen LogP contribution < -0.4 is 15.7 Å². The molecule has 0 saturated heterocycles. The van der Waals surface area contributed by atoms with Crippen molar-refractivity contribution in [3.05, 3.63) is 92.7 Å². The van der Waals surface area contributed by atoms with E-state index in [-0.39, 0.29) is 17.0 Å². The second-order valence-corrected chi connectivity index (χ2v) is 7.77. The number of nitrogens with zero attached hydrogens (tertiary/aromatic N) is 2. The average molecular weight is 450 g/mol. The van der Waals surface area contributed by atoms with Gasteiger partial charge in [-0.2, -0.15) is 5.10 Å². The van der Waals surface area contributed by atoms with Gasteiger partial charge in [-0.3, -0.25) is 14.7 Å². The van der Waals surface area contributed by atoms with Gasteiger partial charge in [0.15, 0.2) is 0 Å². The average Bonchev–Trinajstić information content (AvgIpc) is 3.46. The van der Waals surface area contributed by atoms with Gasteiger partial charge in [0.05, 0.1) is 34.6 Å². The smallest absolute Gasteiger partial charge is 0.281 e. The molecule has 7 nitrogen and oxygen atoms in total. The molecule has 0 saturated carbocycles. The summed E-state index contributed by atoms with van der Waals surface area (Å²) in [6, 6.07) is 16.2. The standard InChI is InChI=1S/C23H19FN4O3S/c1-14(25-26-22(29)19-4-3-13-32-19)20-21(15-5-11-18(31-2)12-6-15)27-28(23(20)30)17-9-7-16(24)8-10-17/h3-13,27H,1-2H3,(H,26,29)/b25-14+. The zero-order chi connectivity index (χ0) is 22.7. The van der Waals surface area contributed by atoms with E-state index in [1.807, 2.05) is 0 Å². The second kappa shape index (κ2) is 9.03. The van der Waals surface area contributed by atoms with E-state index in [2.05, 4.69) is 15.6 Å². The number of nitrogens with one attached hydrogen (secondary N) is 2. The summed E-state index contributed by atoms with van der Waals surface area (Å²) in [4.78, 5) is 26.1. The summed E-state index contributed by atoms with van der Waals surface area (Å²) in [7, 11) is 1.57. The van der Waals surface area contributed by atoms with Gasteiger partial charge in [-0.15, -0.1) is 11.3 Å². The van der Waals surface area contributed by atoms with Gasteiger partial charge < -0.3 is 4.74 Å². The lowest BCUT2D eigenvalue weighted by Crippen LogP contribution is -2.23. The Balaban J connectivity index is 1.79. The van der Waals surface area contributed by atoms with E-state index < -0.39 is 5.82 Å². The Morgan fingerprint density at radius 1 is 1.12 bits per heavy atom. The first-order valence-electron chi connectivity index (χ1n) is 9.62. The fourth-order valence-corrected chi connectivity index (χ4v) is 3.78. The van der Waals surface area contributed by atoms with Gasteiger partial charge in [-0.25, -0.2) is 14.5 Å². The van der Waals surface area contributed by atoms with Gasteiger partial charge in [0.1, 0.15) is 11.6 Å². The van der Waals surface area contributed by atoms with Crippen LogP contribution in [-0.2, 0) is 0 Å². The number of methoxy groups -OCH3 is 1. The third-order valence-corrected chi connectivity index (χ3v) is 5.65. The minimum atomic E-state index is -0.405. The Bertz CT molecular complexity index is 1320. The van der Waals surface area contributed by atoms with Crippen molar-refractivity contribution in [2.24, 2.45) is 5.10 Å². The van der Waals surface area contributed by atoms with Crippen LogP contribution in [0.5, 0.6) is 5.75 Å². The number of amides is 1. The van der Waals surface area contributed by atoms with Crippen molar-refractivity contribution in [1.82, 2.24) is 15.2 Å². The molecule has 1 amide bonds. The first kappa shape index (κ1) is 21.3. The number of carbonyl (C=O) groups is 1. The molecule has 0 atom stereocenters. The van der Waals surface area contributed by atoms with Gasteiger partial charge in [0.2, 0.25) is 0 Å². The van der Waals surface area contributed by atoms with Gasteiger partial charge in [0, 0.05) is 5.56 Å². The summed E-state index contributed by atoms with van der Waals surface area (Å²) in [6.07, 6.45) is 0. The first-order valence-corrected chi connectivity index (χ1v) is 10.5. The molecule has 0 aliphatic heterocycles. The molecule has 162 valence electrons. The zero-order valence-electron chi connectivity index (χ0n) is 17.3. The summed E-state index contributed by atoms with van der Waals surface area (Å²) in [5.41, 5.74) is 4.41. The molecule has 4 rings (SSSR count). The summed E-state index contributed by atoms with van der Waals surface area (Å²) in [5, 5.41) is 9.04. The van der Waals surface area contributed by atoms with E-state index in [9.17, 15) is 14.0 Å². The number of carbonyl (C=O) groups excluding carboxylic acids is 1. The summed E-state index contributed by atoms with van der Waals surface area (Å²) in [6.45, 7) is 1.64. The lowest BCUT2D eigenvalue weighted by Gasteiger charge is -2.05. The van der Waals surface area contributed by atoms with Crippen LogP contribution in [0.15, 0.2) is 75.9 Å². The quantitative estimate of drug-likeness (QED) is 0.341. The van der Waals surface area contributed by atoms with Crippen molar-refractivity contribution in [2.75, 3.05) is 7.11 Å². The predicted molar refractivity (Wildman–Crippen MR) is 122 cm³/mol. The molecule has 32 heavy (non-hydrogen) atoms. The molecule has 2 heterocycles. The molecule has 0 unspecified atom stereocenters. The topological polar surface area (TPSA) is 88.5 Å². The SMILES string of the molecule is COc1ccc(-c2[nH]n(-c3ccc(F)cc3)c(=O)c2/C(C)=N/NC(=O)c2cccs2)cc1. The minimum absolute atomic E-state index is 0.283. The third-order valence-electron chi connectivity index (χ3n) is 4.79. The van der Waals surface area contributed by atoms with Crippen molar-refractivity contribution in [1.29, 1.82) is 0 Å². The van der Waals surface area contributed by atoms with Crippen LogP contribution in [0.2, 0.25) is 0 Å². The normalized spacial score (nSPS) is 11.4. The van der Waals surface area contributed by atoms with Crippen LogP contribution in [0, 0.1) is 5.82 Å². The molecular formula is C23H19FN4O3S. The summed E-state index contributed by atoms with van der Waals surface area (Å²) < 4.78 is 19.9. The predicted octanol–water partition coefficient (Wildman–Crippen LogP) is 4.20. The molecule has 2 aromatic heterocycles. The van der Waals surface area contributed by atoms with E-state index >= 15 is 0 Å². The highest BCUT2D eigenvalue weighted by atomic mass is 32.1. The Labute approximate surface area is 186 Å². The molecule has 0 fully saturated rings. The van der Waals surface area contributed by atoms with Gasteiger partial charge in [-0.1, -0.05) is 6.07 Å².